The molecule has 2 aromatic heterocycles. The van der Waals surface area contributed by atoms with E-state index < -0.39 is 0 Å². The maximum absolute atomic E-state index is 9.66. The second kappa shape index (κ2) is 5.54. The maximum atomic E-state index is 9.66. The first-order valence-electron chi connectivity index (χ1n) is 7.32. The second-order valence-electron chi connectivity index (χ2n) is 5.30. The van der Waals surface area contributed by atoms with E-state index in [0.717, 1.165) is 16.8 Å². The molecule has 0 spiro atoms. The summed E-state index contributed by atoms with van der Waals surface area (Å²) in [6.07, 6.45) is 3.39. The summed E-state index contributed by atoms with van der Waals surface area (Å²) in [5.74, 6) is 0.625. The summed E-state index contributed by atoms with van der Waals surface area (Å²) in [7, 11) is 0. The van der Waals surface area contributed by atoms with Crippen molar-refractivity contribution in [1.29, 1.82) is 0 Å². The predicted octanol–water partition coefficient (Wildman–Crippen LogP) is 2.85. The molecule has 0 atom stereocenters. The van der Waals surface area contributed by atoms with Gasteiger partial charge in [0.05, 0.1) is 17.3 Å². The van der Waals surface area contributed by atoms with Crippen molar-refractivity contribution in [3.8, 4) is 11.4 Å². The molecule has 7 nitrogen and oxygen atoms in total. The fourth-order valence-electron chi connectivity index (χ4n) is 2.39. The molecule has 0 bridgehead atoms. The minimum atomic E-state index is 0.172. The van der Waals surface area contributed by atoms with Crippen LogP contribution in [0.2, 0.25) is 0 Å². The van der Waals surface area contributed by atoms with Crippen LogP contribution in [0, 0.1) is 0 Å². The lowest BCUT2D eigenvalue weighted by Gasteiger charge is -2.07. The van der Waals surface area contributed by atoms with Crippen LogP contribution >= 0.6 is 0 Å². The Morgan fingerprint density at radius 1 is 1.04 bits per heavy atom. The maximum Gasteiger partial charge on any atom is 0.229 e. The molecule has 0 unspecified atom stereocenters. The monoisotopic (exact) mass is 318 g/mol. The highest BCUT2D eigenvalue weighted by molar-refractivity contribution is 5.77. The van der Waals surface area contributed by atoms with Crippen LogP contribution in [-0.2, 0) is 0 Å². The Morgan fingerprint density at radius 3 is 2.67 bits per heavy atom. The van der Waals surface area contributed by atoms with Crippen LogP contribution in [0.3, 0.4) is 0 Å². The lowest BCUT2D eigenvalue weighted by molar-refractivity contribution is 0.475. The molecule has 0 saturated heterocycles. The number of nitrogens with two attached hydrogens (primary N) is 1. The average molecular weight is 318 g/mol. The number of anilines is 3. The molecule has 0 amide bonds. The van der Waals surface area contributed by atoms with Crippen molar-refractivity contribution in [3.05, 3.63) is 60.9 Å². The van der Waals surface area contributed by atoms with Crippen LogP contribution in [-0.4, -0.2) is 24.9 Å². The first-order chi connectivity index (χ1) is 11.7. The number of phenols is 1. The van der Waals surface area contributed by atoms with Gasteiger partial charge in [-0.3, -0.25) is 0 Å². The molecule has 0 aliphatic carbocycles. The Hall–Kier alpha value is -3.61. The predicted molar refractivity (Wildman–Crippen MR) is 92.5 cm³/mol. The molecule has 0 fully saturated rings. The Balaban J connectivity index is 1.74. The Bertz CT molecular complexity index is 1010. The molecule has 0 saturated carbocycles. The van der Waals surface area contributed by atoms with Crippen molar-refractivity contribution in [2.45, 2.75) is 0 Å². The standard InChI is InChI=1S/C17H14N6O/c18-12-4-6-13(7-5-12)21-17-19-9-11-10-20-23(16(11)22-17)14-2-1-3-15(24)8-14/h1-10,24H,18H2,(H,19,21,22). The summed E-state index contributed by atoms with van der Waals surface area (Å²) in [5, 5.41) is 17.9. The van der Waals surface area contributed by atoms with Crippen LogP contribution in [0.1, 0.15) is 0 Å². The normalized spacial score (nSPS) is 10.8. The summed E-state index contributed by atoms with van der Waals surface area (Å²) in [5.41, 5.74) is 8.59. The first kappa shape index (κ1) is 14.0. The molecule has 2 heterocycles. The van der Waals surface area contributed by atoms with Gasteiger partial charge in [-0.05, 0) is 36.4 Å². The highest BCUT2D eigenvalue weighted by atomic mass is 16.3. The SMILES string of the molecule is Nc1ccc(Nc2ncc3cnn(-c4cccc(O)c4)c3n2)cc1. The van der Waals surface area contributed by atoms with E-state index in [1.807, 2.05) is 18.2 Å². The zero-order valence-electron chi connectivity index (χ0n) is 12.6. The van der Waals surface area contributed by atoms with Gasteiger partial charge >= 0.3 is 0 Å². The molecule has 118 valence electrons. The molecule has 24 heavy (non-hydrogen) atoms. The van der Waals surface area contributed by atoms with Crippen molar-refractivity contribution in [3.63, 3.8) is 0 Å². The van der Waals surface area contributed by atoms with E-state index in [2.05, 4.69) is 20.4 Å². The molecule has 4 aromatic rings. The van der Waals surface area contributed by atoms with Gasteiger partial charge in [-0.1, -0.05) is 6.07 Å². The molecule has 0 aliphatic heterocycles. The van der Waals surface area contributed by atoms with Gasteiger partial charge in [0.15, 0.2) is 5.65 Å². The van der Waals surface area contributed by atoms with Crippen LogP contribution < -0.4 is 11.1 Å². The van der Waals surface area contributed by atoms with Crippen molar-refractivity contribution in [2.24, 2.45) is 0 Å². The summed E-state index contributed by atoms with van der Waals surface area (Å²) in [4.78, 5) is 8.82. The van der Waals surface area contributed by atoms with E-state index in [9.17, 15) is 5.11 Å². The number of hydrogen-bond acceptors (Lipinski definition) is 6. The van der Waals surface area contributed by atoms with Crippen LogP contribution in [0.4, 0.5) is 17.3 Å². The number of aromatic nitrogens is 4. The lowest BCUT2D eigenvalue weighted by atomic mass is 10.3. The quantitative estimate of drug-likeness (QED) is 0.502. The Morgan fingerprint density at radius 2 is 1.88 bits per heavy atom. The van der Waals surface area contributed by atoms with E-state index in [1.54, 1.807) is 47.4 Å². The third-order valence-corrected chi connectivity index (χ3v) is 3.55. The topological polar surface area (TPSA) is 102 Å². The molecule has 0 radical (unpaired) electrons. The second-order valence-corrected chi connectivity index (χ2v) is 5.30. The van der Waals surface area contributed by atoms with Crippen molar-refractivity contribution in [2.75, 3.05) is 11.1 Å². The zero-order valence-corrected chi connectivity index (χ0v) is 12.6. The van der Waals surface area contributed by atoms with Crippen molar-refractivity contribution in [1.82, 2.24) is 19.7 Å². The van der Waals surface area contributed by atoms with Crippen LogP contribution in [0.25, 0.3) is 16.7 Å². The highest BCUT2D eigenvalue weighted by Gasteiger charge is 2.09. The summed E-state index contributed by atoms with van der Waals surface area (Å²) in [6, 6.07) is 14.2. The number of nitrogen functional groups attached to an aromatic ring is 1. The van der Waals surface area contributed by atoms with E-state index >= 15 is 0 Å². The third kappa shape index (κ3) is 2.58. The van der Waals surface area contributed by atoms with Crippen LogP contribution in [0.15, 0.2) is 60.9 Å². The summed E-state index contributed by atoms with van der Waals surface area (Å²) >= 11 is 0. The number of benzene rings is 2. The number of aromatic hydroxyl groups is 1. The Kier molecular flexibility index (Phi) is 3.24. The van der Waals surface area contributed by atoms with E-state index in [0.29, 0.717) is 17.3 Å². The van der Waals surface area contributed by atoms with Gasteiger partial charge in [-0.25, -0.2) is 9.67 Å². The molecule has 0 aliphatic rings. The first-order valence-corrected chi connectivity index (χ1v) is 7.32. The van der Waals surface area contributed by atoms with Gasteiger partial charge in [0.25, 0.3) is 0 Å². The minimum absolute atomic E-state index is 0.172. The van der Waals surface area contributed by atoms with Crippen molar-refractivity contribution < 1.29 is 5.11 Å². The number of hydrogen-bond donors (Lipinski definition) is 3. The molecule has 4 rings (SSSR count). The number of rotatable bonds is 3. The number of nitrogens with zero attached hydrogens (tertiary/aromatic N) is 4. The summed E-state index contributed by atoms with van der Waals surface area (Å²) < 4.78 is 1.66. The number of fused-ring (bicyclic) bond motifs is 1. The van der Waals surface area contributed by atoms with Gasteiger partial charge in [0.1, 0.15) is 5.75 Å². The fourth-order valence-corrected chi connectivity index (χ4v) is 2.39. The average Bonchev–Trinajstić information content (AvgIpc) is 3.00. The van der Waals surface area contributed by atoms with Gasteiger partial charge < -0.3 is 16.2 Å². The summed E-state index contributed by atoms with van der Waals surface area (Å²) in [6.45, 7) is 0. The van der Waals surface area contributed by atoms with E-state index in [-0.39, 0.29) is 5.75 Å². The van der Waals surface area contributed by atoms with Gasteiger partial charge in [-0.15, -0.1) is 0 Å². The number of phenolic OH excluding ortho intramolecular Hbond substituents is 1. The molecular formula is C17H14N6O. The van der Waals surface area contributed by atoms with E-state index in [4.69, 9.17) is 5.73 Å². The largest absolute Gasteiger partial charge is 0.508 e. The highest BCUT2D eigenvalue weighted by Crippen LogP contribution is 2.21. The molecule has 4 N–H and O–H groups in total. The molecule has 2 aromatic carbocycles. The number of nitrogens with one attached hydrogen (secondary N) is 1. The molecule has 7 heteroatoms. The lowest BCUT2D eigenvalue weighted by Crippen LogP contribution is -2.01. The minimum Gasteiger partial charge on any atom is -0.508 e. The smallest absolute Gasteiger partial charge is 0.229 e. The van der Waals surface area contributed by atoms with Gasteiger partial charge in [-0.2, -0.15) is 10.1 Å². The van der Waals surface area contributed by atoms with Crippen molar-refractivity contribution >= 4 is 28.4 Å². The van der Waals surface area contributed by atoms with E-state index in [1.165, 1.54) is 0 Å². The third-order valence-electron chi connectivity index (χ3n) is 3.55. The van der Waals surface area contributed by atoms with Gasteiger partial charge in [0, 0.05) is 23.6 Å². The zero-order chi connectivity index (χ0) is 16.5. The van der Waals surface area contributed by atoms with Crippen LogP contribution in [0.5, 0.6) is 5.75 Å². The fraction of sp³-hybridized carbons (Fsp3) is 0. The molecular weight excluding hydrogens is 304 g/mol. The Labute approximate surface area is 137 Å². The van der Waals surface area contributed by atoms with Gasteiger partial charge in [0.2, 0.25) is 5.95 Å².